The van der Waals surface area contributed by atoms with E-state index in [2.05, 4.69) is 0 Å². The van der Waals surface area contributed by atoms with Crippen LogP contribution >= 0.6 is 0 Å². The Labute approximate surface area is 88.7 Å². The van der Waals surface area contributed by atoms with E-state index < -0.39 is 0 Å². The van der Waals surface area contributed by atoms with Crippen molar-refractivity contribution in [1.82, 2.24) is 0 Å². The van der Waals surface area contributed by atoms with Gasteiger partial charge in [0.25, 0.3) is 0 Å². The Kier molecular flexibility index (Phi) is 2.69. The number of benzene rings is 2. The Bertz CT molecular complexity index is 479. The van der Waals surface area contributed by atoms with E-state index in [1.807, 2.05) is 31.2 Å². The minimum absolute atomic E-state index is 0.168. The maximum Gasteiger partial charge on any atom is 0.131 e. The number of hydrogen-bond donors (Lipinski definition) is 1. The van der Waals surface area contributed by atoms with E-state index >= 15 is 0 Å². The average Bonchev–Trinajstić information content (AvgIpc) is 2.28. The first-order valence-electron chi connectivity index (χ1n) is 5.10. The highest BCUT2D eigenvalue weighted by Gasteiger charge is 2.06. The van der Waals surface area contributed by atoms with Crippen molar-refractivity contribution in [2.24, 2.45) is 5.73 Å². The monoisotopic (exact) mass is 203 g/mol. The highest BCUT2D eigenvalue weighted by Crippen LogP contribution is 2.23. The Hall–Kier alpha value is -1.41. The lowest BCUT2D eigenvalue weighted by atomic mass is 9.98. The molecular weight excluding hydrogens is 189 g/mol. The van der Waals surface area contributed by atoms with E-state index in [0.717, 1.165) is 10.9 Å². The quantitative estimate of drug-likeness (QED) is 0.797. The largest absolute Gasteiger partial charge is 0.330 e. The summed E-state index contributed by atoms with van der Waals surface area (Å²) in [7, 11) is 0. The van der Waals surface area contributed by atoms with Crippen LogP contribution in [0.2, 0.25) is 0 Å². The molecular formula is C13H14FN. The normalized spacial score (nSPS) is 13.0. The third-order valence-electron chi connectivity index (χ3n) is 2.78. The summed E-state index contributed by atoms with van der Waals surface area (Å²) in [6, 6.07) is 11.0. The van der Waals surface area contributed by atoms with Gasteiger partial charge in [-0.05, 0) is 35.5 Å². The molecule has 78 valence electrons. The van der Waals surface area contributed by atoms with Crippen molar-refractivity contribution in [2.75, 3.05) is 6.54 Å². The summed E-state index contributed by atoms with van der Waals surface area (Å²) >= 11 is 0. The Morgan fingerprint density at radius 1 is 1.27 bits per heavy atom. The topological polar surface area (TPSA) is 26.0 Å². The van der Waals surface area contributed by atoms with E-state index in [9.17, 15) is 4.39 Å². The SMILES string of the molecule is CC(CN)c1ccc2cccc(F)c2c1. The molecule has 0 saturated carbocycles. The molecule has 2 heteroatoms. The van der Waals surface area contributed by atoms with Crippen molar-refractivity contribution in [3.05, 3.63) is 47.8 Å². The lowest BCUT2D eigenvalue weighted by Crippen LogP contribution is -2.08. The van der Waals surface area contributed by atoms with Crippen LogP contribution < -0.4 is 5.73 Å². The van der Waals surface area contributed by atoms with E-state index in [-0.39, 0.29) is 11.7 Å². The van der Waals surface area contributed by atoms with Gasteiger partial charge in [0.05, 0.1) is 0 Å². The summed E-state index contributed by atoms with van der Waals surface area (Å²) in [6.45, 7) is 2.63. The fourth-order valence-corrected chi connectivity index (χ4v) is 1.69. The predicted octanol–water partition coefficient (Wildman–Crippen LogP) is 3.04. The summed E-state index contributed by atoms with van der Waals surface area (Å²) in [4.78, 5) is 0. The second kappa shape index (κ2) is 3.99. The number of halogens is 1. The molecule has 2 rings (SSSR count). The number of hydrogen-bond acceptors (Lipinski definition) is 1. The van der Waals surface area contributed by atoms with Gasteiger partial charge in [-0.15, -0.1) is 0 Å². The molecule has 1 unspecified atom stereocenters. The molecule has 0 heterocycles. The summed E-state index contributed by atoms with van der Waals surface area (Å²) in [6.07, 6.45) is 0. The van der Waals surface area contributed by atoms with Crippen molar-refractivity contribution in [3.63, 3.8) is 0 Å². The van der Waals surface area contributed by atoms with E-state index in [0.29, 0.717) is 11.9 Å². The third-order valence-corrected chi connectivity index (χ3v) is 2.78. The molecule has 1 atom stereocenters. The molecule has 0 aliphatic rings. The van der Waals surface area contributed by atoms with Crippen molar-refractivity contribution in [2.45, 2.75) is 12.8 Å². The van der Waals surface area contributed by atoms with Crippen molar-refractivity contribution in [3.8, 4) is 0 Å². The maximum atomic E-state index is 13.5. The van der Waals surface area contributed by atoms with Gasteiger partial charge in [0.2, 0.25) is 0 Å². The zero-order valence-corrected chi connectivity index (χ0v) is 8.70. The fraction of sp³-hybridized carbons (Fsp3) is 0.231. The van der Waals surface area contributed by atoms with Crippen molar-refractivity contribution in [1.29, 1.82) is 0 Å². The fourth-order valence-electron chi connectivity index (χ4n) is 1.69. The minimum Gasteiger partial charge on any atom is -0.330 e. The van der Waals surface area contributed by atoms with Crippen LogP contribution in [0, 0.1) is 5.82 Å². The van der Waals surface area contributed by atoms with Gasteiger partial charge in [-0.3, -0.25) is 0 Å². The van der Waals surface area contributed by atoms with Crippen LogP contribution in [0.4, 0.5) is 4.39 Å². The van der Waals surface area contributed by atoms with Crippen molar-refractivity contribution < 1.29 is 4.39 Å². The van der Waals surface area contributed by atoms with Crippen LogP contribution in [0.5, 0.6) is 0 Å². The molecule has 0 aromatic heterocycles. The molecule has 0 aliphatic carbocycles. The summed E-state index contributed by atoms with van der Waals surface area (Å²) in [5.74, 6) is 0.104. The van der Waals surface area contributed by atoms with Crippen LogP contribution in [0.15, 0.2) is 36.4 Å². The lowest BCUT2D eigenvalue weighted by Gasteiger charge is -2.10. The van der Waals surface area contributed by atoms with Gasteiger partial charge in [0.1, 0.15) is 5.82 Å². The standard InChI is InChI=1S/C13H14FN/c1-9(8-15)11-6-5-10-3-2-4-13(14)12(10)7-11/h2-7,9H,8,15H2,1H3. The molecule has 0 amide bonds. The second-order valence-electron chi connectivity index (χ2n) is 3.86. The van der Waals surface area contributed by atoms with Gasteiger partial charge in [0.15, 0.2) is 0 Å². The Morgan fingerprint density at radius 3 is 2.80 bits per heavy atom. The van der Waals surface area contributed by atoms with Crippen LogP contribution in [0.3, 0.4) is 0 Å². The van der Waals surface area contributed by atoms with Crippen LogP contribution in [-0.2, 0) is 0 Å². The van der Waals surface area contributed by atoms with E-state index in [4.69, 9.17) is 5.73 Å². The first-order valence-corrected chi connectivity index (χ1v) is 5.10. The zero-order chi connectivity index (χ0) is 10.8. The van der Waals surface area contributed by atoms with Crippen molar-refractivity contribution >= 4 is 10.8 Å². The highest BCUT2D eigenvalue weighted by atomic mass is 19.1. The van der Waals surface area contributed by atoms with Gasteiger partial charge < -0.3 is 5.73 Å². The Morgan fingerprint density at radius 2 is 2.07 bits per heavy atom. The first-order chi connectivity index (χ1) is 7.22. The molecule has 0 radical (unpaired) electrons. The number of rotatable bonds is 2. The summed E-state index contributed by atoms with van der Waals surface area (Å²) < 4.78 is 13.5. The first kappa shape index (κ1) is 10.1. The summed E-state index contributed by atoms with van der Waals surface area (Å²) in [5.41, 5.74) is 6.69. The van der Waals surface area contributed by atoms with Gasteiger partial charge in [-0.25, -0.2) is 4.39 Å². The molecule has 2 N–H and O–H groups in total. The lowest BCUT2D eigenvalue weighted by molar-refractivity contribution is 0.639. The van der Waals surface area contributed by atoms with Gasteiger partial charge in [0, 0.05) is 5.39 Å². The van der Waals surface area contributed by atoms with Crippen LogP contribution in [-0.4, -0.2) is 6.54 Å². The highest BCUT2D eigenvalue weighted by molar-refractivity contribution is 5.83. The Balaban J connectivity index is 2.59. The second-order valence-corrected chi connectivity index (χ2v) is 3.86. The maximum absolute atomic E-state index is 13.5. The predicted molar refractivity (Wildman–Crippen MR) is 61.4 cm³/mol. The molecule has 0 bridgehead atoms. The molecule has 0 aliphatic heterocycles. The zero-order valence-electron chi connectivity index (χ0n) is 8.70. The minimum atomic E-state index is -0.168. The molecule has 0 saturated heterocycles. The molecule has 0 spiro atoms. The molecule has 2 aromatic rings. The smallest absolute Gasteiger partial charge is 0.131 e. The molecule has 1 nitrogen and oxygen atoms in total. The number of fused-ring (bicyclic) bond motifs is 1. The van der Waals surface area contributed by atoms with Gasteiger partial charge in [-0.2, -0.15) is 0 Å². The molecule has 0 fully saturated rings. The molecule has 15 heavy (non-hydrogen) atoms. The van der Waals surface area contributed by atoms with Gasteiger partial charge in [-0.1, -0.05) is 31.2 Å². The molecule has 2 aromatic carbocycles. The van der Waals surface area contributed by atoms with E-state index in [1.165, 1.54) is 6.07 Å². The van der Waals surface area contributed by atoms with Gasteiger partial charge >= 0.3 is 0 Å². The van der Waals surface area contributed by atoms with E-state index in [1.54, 1.807) is 6.07 Å². The average molecular weight is 203 g/mol. The van der Waals surface area contributed by atoms with Crippen LogP contribution in [0.1, 0.15) is 18.4 Å². The van der Waals surface area contributed by atoms with Crippen LogP contribution in [0.25, 0.3) is 10.8 Å². The third kappa shape index (κ3) is 1.85. The summed E-state index contributed by atoms with van der Waals surface area (Å²) in [5, 5.41) is 1.61. The number of nitrogens with two attached hydrogens (primary N) is 1.